The van der Waals surface area contributed by atoms with Crippen LogP contribution in [0.3, 0.4) is 0 Å². The molecule has 3 heteroatoms. The molecule has 0 aromatic rings. The van der Waals surface area contributed by atoms with Crippen LogP contribution in [0.25, 0.3) is 0 Å². The first kappa shape index (κ1) is 15.0. The summed E-state index contributed by atoms with van der Waals surface area (Å²) in [6.45, 7) is 2.05. The third kappa shape index (κ3) is 2.93. The van der Waals surface area contributed by atoms with Gasteiger partial charge in [0.15, 0.2) is 0 Å². The van der Waals surface area contributed by atoms with E-state index in [-0.39, 0.29) is 0 Å². The Balaban J connectivity index is 1.30. The van der Waals surface area contributed by atoms with Gasteiger partial charge >= 0.3 is 0 Å². The molecular weight excluding hydrogens is 272 g/mol. The maximum absolute atomic E-state index is 12.5. The average molecular weight is 304 g/mol. The molecule has 1 N–H and O–H groups in total. The van der Waals surface area contributed by atoms with Crippen LogP contribution >= 0.6 is 0 Å². The quantitative estimate of drug-likeness (QED) is 0.865. The molecule has 5 aliphatic rings. The third-order valence-electron chi connectivity index (χ3n) is 7.16. The second-order valence-electron chi connectivity index (χ2n) is 9.03. The summed E-state index contributed by atoms with van der Waals surface area (Å²) in [7, 11) is 2.20. The van der Waals surface area contributed by atoms with Gasteiger partial charge in [0.05, 0.1) is 0 Å². The number of hydrogen-bond acceptors (Lipinski definition) is 2. The van der Waals surface area contributed by atoms with E-state index in [4.69, 9.17) is 0 Å². The lowest BCUT2D eigenvalue weighted by Gasteiger charge is -2.56. The van der Waals surface area contributed by atoms with Crippen molar-refractivity contribution < 1.29 is 4.79 Å². The van der Waals surface area contributed by atoms with E-state index in [1.165, 1.54) is 64.3 Å². The standard InChI is InChI=1S/C19H32N2O/c1-21-5-3-2-4-17(21)13-20-18(22)12-19-9-14-6-15(10-19)8-16(7-14)11-19/h14-17H,2-13H2,1H3,(H,20,22). The number of piperidine rings is 1. The van der Waals surface area contributed by atoms with Gasteiger partial charge in [0.25, 0.3) is 0 Å². The van der Waals surface area contributed by atoms with Gasteiger partial charge in [-0.2, -0.15) is 0 Å². The van der Waals surface area contributed by atoms with Crippen molar-refractivity contribution in [1.82, 2.24) is 10.2 Å². The van der Waals surface area contributed by atoms with E-state index in [2.05, 4.69) is 17.3 Å². The molecule has 4 bridgehead atoms. The van der Waals surface area contributed by atoms with Gasteiger partial charge in [0, 0.05) is 19.0 Å². The molecule has 0 aromatic heterocycles. The van der Waals surface area contributed by atoms with E-state index < -0.39 is 0 Å². The molecule has 4 aliphatic carbocycles. The summed E-state index contributed by atoms with van der Waals surface area (Å²) < 4.78 is 0. The Kier molecular flexibility index (Phi) is 3.96. The van der Waals surface area contributed by atoms with Crippen molar-refractivity contribution in [2.24, 2.45) is 23.2 Å². The predicted octanol–water partition coefficient (Wildman–Crippen LogP) is 3.19. The van der Waals surface area contributed by atoms with Crippen molar-refractivity contribution in [2.45, 2.75) is 70.3 Å². The van der Waals surface area contributed by atoms with Crippen LogP contribution in [0.2, 0.25) is 0 Å². The zero-order valence-electron chi connectivity index (χ0n) is 14.2. The minimum Gasteiger partial charge on any atom is -0.355 e. The molecule has 1 unspecified atom stereocenters. The van der Waals surface area contributed by atoms with Gasteiger partial charge in [-0.3, -0.25) is 4.79 Å². The number of nitrogens with zero attached hydrogens (tertiary/aromatic N) is 1. The van der Waals surface area contributed by atoms with E-state index in [1.807, 2.05) is 0 Å². The summed E-state index contributed by atoms with van der Waals surface area (Å²) in [5, 5.41) is 3.28. The first-order valence-electron chi connectivity index (χ1n) is 9.59. The number of rotatable bonds is 4. The SMILES string of the molecule is CN1CCCCC1CNC(=O)CC12CC3CC(CC(C3)C1)C2. The fourth-order valence-electron chi connectivity index (χ4n) is 6.54. The topological polar surface area (TPSA) is 32.3 Å². The second-order valence-corrected chi connectivity index (χ2v) is 9.03. The van der Waals surface area contributed by atoms with E-state index in [0.717, 1.165) is 30.7 Å². The minimum absolute atomic E-state index is 0.334. The fourth-order valence-corrected chi connectivity index (χ4v) is 6.54. The zero-order valence-corrected chi connectivity index (χ0v) is 14.2. The zero-order chi connectivity index (χ0) is 15.2. The number of likely N-dealkylation sites (tertiary alicyclic amines) is 1. The van der Waals surface area contributed by atoms with Gasteiger partial charge in [-0.15, -0.1) is 0 Å². The minimum atomic E-state index is 0.334. The van der Waals surface area contributed by atoms with Crippen molar-refractivity contribution in [3.8, 4) is 0 Å². The number of likely N-dealkylation sites (N-methyl/N-ethyl adjacent to an activating group) is 1. The summed E-state index contributed by atoms with van der Waals surface area (Å²) in [5.74, 6) is 3.18. The van der Waals surface area contributed by atoms with Crippen LogP contribution < -0.4 is 5.32 Å². The normalized spacial score (nSPS) is 44.2. The number of hydrogen-bond donors (Lipinski definition) is 1. The van der Waals surface area contributed by atoms with Crippen LogP contribution in [0.5, 0.6) is 0 Å². The lowest BCUT2D eigenvalue weighted by molar-refractivity contribution is -0.129. The molecule has 1 atom stereocenters. The molecule has 1 saturated heterocycles. The van der Waals surface area contributed by atoms with E-state index in [9.17, 15) is 4.79 Å². The monoisotopic (exact) mass is 304 g/mol. The van der Waals surface area contributed by atoms with Crippen LogP contribution in [-0.4, -0.2) is 37.0 Å². The molecule has 5 rings (SSSR count). The lowest BCUT2D eigenvalue weighted by Crippen LogP contribution is -2.49. The smallest absolute Gasteiger partial charge is 0.220 e. The summed E-state index contributed by atoms with van der Waals surface area (Å²) in [5.41, 5.74) is 0.386. The van der Waals surface area contributed by atoms with Crippen molar-refractivity contribution in [3.63, 3.8) is 0 Å². The van der Waals surface area contributed by atoms with Crippen LogP contribution in [0.15, 0.2) is 0 Å². The number of amides is 1. The summed E-state index contributed by atoms with van der Waals surface area (Å²) >= 11 is 0. The van der Waals surface area contributed by atoms with Crippen LogP contribution in [0, 0.1) is 23.2 Å². The molecule has 5 fully saturated rings. The van der Waals surface area contributed by atoms with Crippen molar-refractivity contribution in [1.29, 1.82) is 0 Å². The van der Waals surface area contributed by atoms with E-state index in [1.54, 1.807) is 0 Å². The first-order valence-corrected chi connectivity index (χ1v) is 9.59. The maximum atomic E-state index is 12.5. The molecule has 1 aliphatic heterocycles. The Morgan fingerprint density at radius 3 is 2.32 bits per heavy atom. The Bertz CT molecular complexity index is 398. The Labute approximate surface area is 135 Å². The van der Waals surface area contributed by atoms with Gasteiger partial charge in [0.1, 0.15) is 0 Å². The maximum Gasteiger partial charge on any atom is 0.220 e. The fraction of sp³-hybridized carbons (Fsp3) is 0.947. The average Bonchev–Trinajstić information content (AvgIpc) is 2.44. The molecule has 3 nitrogen and oxygen atoms in total. The summed E-state index contributed by atoms with van der Waals surface area (Å²) in [6, 6.07) is 0.564. The van der Waals surface area contributed by atoms with Crippen LogP contribution in [0.4, 0.5) is 0 Å². The lowest BCUT2D eigenvalue weighted by atomic mass is 9.49. The highest BCUT2D eigenvalue weighted by molar-refractivity contribution is 5.76. The van der Waals surface area contributed by atoms with Crippen LogP contribution in [0.1, 0.15) is 64.2 Å². The van der Waals surface area contributed by atoms with Crippen molar-refractivity contribution in [2.75, 3.05) is 20.1 Å². The largest absolute Gasteiger partial charge is 0.355 e. The summed E-state index contributed by atoms with van der Waals surface area (Å²) in [6.07, 6.45) is 13.1. The number of carbonyl (C=O) groups is 1. The van der Waals surface area contributed by atoms with Gasteiger partial charge in [0.2, 0.25) is 5.91 Å². The molecule has 0 radical (unpaired) electrons. The van der Waals surface area contributed by atoms with Gasteiger partial charge < -0.3 is 10.2 Å². The molecule has 1 amide bonds. The van der Waals surface area contributed by atoms with Gasteiger partial charge in [-0.25, -0.2) is 0 Å². The first-order chi connectivity index (χ1) is 10.6. The van der Waals surface area contributed by atoms with Crippen molar-refractivity contribution >= 4 is 5.91 Å². The second kappa shape index (κ2) is 5.81. The third-order valence-corrected chi connectivity index (χ3v) is 7.16. The molecule has 22 heavy (non-hydrogen) atoms. The highest BCUT2D eigenvalue weighted by Crippen LogP contribution is 2.61. The van der Waals surface area contributed by atoms with E-state index in [0.29, 0.717) is 17.4 Å². The predicted molar refractivity (Wildman–Crippen MR) is 88.5 cm³/mol. The molecule has 124 valence electrons. The van der Waals surface area contributed by atoms with Gasteiger partial charge in [-0.1, -0.05) is 6.42 Å². The van der Waals surface area contributed by atoms with Crippen LogP contribution in [-0.2, 0) is 4.79 Å². The van der Waals surface area contributed by atoms with E-state index >= 15 is 0 Å². The van der Waals surface area contributed by atoms with Crippen molar-refractivity contribution in [3.05, 3.63) is 0 Å². The highest BCUT2D eigenvalue weighted by Gasteiger charge is 2.51. The molecule has 4 saturated carbocycles. The number of nitrogens with one attached hydrogen (secondary N) is 1. The molecule has 0 spiro atoms. The Morgan fingerprint density at radius 2 is 1.73 bits per heavy atom. The molecule has 0 aromatic carbocycles. The summed E-state index contributed by atoms with van der Waals surface area (Å²) in [4.78, 5) is 15.0. The molecule has 1 heterocycles. The highest BCUT2D eigenvalue weighted by atomic mass is 16.1. The number of carbonyl (C=O) groups excluding carboxylic acids is 1. The Hall–Kier alpha value is -0.570. The molecular formula is C19H32N2O. The van der Waals surface area contributed by atoms with Gasteiger partial charge in [-0.05, 0) is 88.1 Å². The Morgan fingerprint density at radius 1 is 1.09 bits per heavy atom.